The van der Waals surface area contributed by atoms with Gasteiger partial charge >= 0.3 is 0 Å². The summed E-state index contributed by atoms with van der Waals surface area (Å²) >= 11 is 0. The summed E-state index contributed by atoms with van der Waals surface area (Å²) in [7, 11) is 3.26. The second-order valence-electron chi connectivity index (χ2n) is 8.09. The van der Waals surface area contributed by atoms with E-state index in [-0.39, 0.29) is 13.2 Å². The fourth-order valence-corrected chi connectivity index (χ4v) is 4.06. The van der Waals surface area contributed by atoms with Crippen molar-refractivity contribution in [3.8, 4) is 17.2 Å². The number of hydrogen-bond donors (Lipinski definition) is 1. The van der Waals surface area contributed by atoms with E-state index in [0.717, 1.165) is 28.2 Å². The van der Waals surface area contributed by atoms with Crippen LogP contribution in [0.2, 0.25) is 0 Å². The van der Waals surface area contributed by atoms with Crippen LogP contribution >= 0.6 is 0 Å². The molecule has 5 heteroatoms. The van der Waals surface area contributed by atoms with Crippen molar-refractivity contribution in [1.29, 1.82) is 0 Å². The van der Waals surface area contributed by atoms with Crippen molar-refractivity contribution in [2.75, 3.05) is 27.4 Å². The molecule has 0 aromatic heterocycles. The van der Waals surface area contributed by atoms with Gasteiger partial charge in [0.15, 0.2) is 0 Å². The van der Waals surface area contributed by atoms with Gasteiger partial charge in [-0.2, -0.15) is 0 Å². The molecule has 1 atom stereocenters. The maximum absolute atomic E-state index is 10.8. The minimum absolute atomic E-state index is 0.0615. The van der Waals surface area contributed by atoms with Gasteiger partial charge in [0.2, 0.25) is 0 Å². The molecule has 0 spiro atoms. The molecular formula is C30H30O5. The number of ether oxygens (including phenoxy) is 4. The van der Waals surface area contributed by atoms with Crippen molar-refractivity contribution in [3.05, 3.63) is 126 Å². The maximum Gasteiger partial charge on any atom is 0.143 e. The number of aliphatic hydroxyl groups excluding tert-OH is 1. The molecule has 0 aliphatic rings. The first-order valence-electron chi connectivity index (χ1n) is 11.5. The lowest BCUT2D eigenvalue weighted by molar-refractivity contribution is -0.0494. The highest BCUT2D eigenvalue weighted by Crippen LogP contribution is 2.41. The lowest BCUT2D eigenvalue weighted by atomic mass is 9.80. The highest BCUT2D eigenvalue weighted by Gasteiger charge is 2.38. The highest BCUT2D eigenvalue weighted by molar-refractivity contribution is 5.48. The minimum Gasteiger partial charge on any atom is -0.497 e. The molecule has 35 heavy (non-hydrogen) atoms. The number of rotatable bonds is 11. The van der Waals surface area contributed by atoms with Crippen molar-refractivity contribution in [2.45, 2.75) is 11.7 Å². The van der Waals surface area contributed by atoms with Crippen LogP contribution in [-0.4, -0.2) is 38.6 Å². The Kier molecular flexibility index (Phi) is 8.03. The molecule has 0 saturated heterocycles. The summed E-state index contributed by atoms with van der Waals surface area (Å²) in [4.78, 5) is 0. The van der Waals surface area contributed by atoms with E-state index in [9.17, 15) is 5.11 Å². The summed E-state index contributed by atoms with van der Waals surface area (Å²) in [5.74, 6) is 2.16. The molecule has 0 heterocycles. The van der Waals surface area contributed by atoms with Gasteiger partial charge in [0.05, 0.1) is 20.8 Å². The second-order valence-corrected chi connectivity index (χ2v) is 8.09. The fourth-order valence-electron chi connectivity index (χ4n) is 4.06. The number of hydrogen-bond acceptors (Lipinski definition) is 5. The molecule has 0 radical (unpaired) electrons. The normalized spacial score (nSPS) is 12.1. The predicted octanol–water partition coefficient (Wildman–Crippen LogP) is 5.45. The van der Waals surface area contributed by atoms with Gasteiger partial charge in [0, 0.05) is 0 Å². The average molecular weight is 471 g/mol. The third-order valence-electron chi connectivity index (χ3n) is 5.85. The van der Waals surface area contributed by atoms with Crippen LogP contribution < -0.4 is 14.2 Å². The molecular weight excluding hydrogens is 440 g/mol. The summed E-state index contributed by atoms with van der Waals surface area (Å²) in [5, 5.41) is 10.8. The lowest BCUT2D eigenvalue weighted by Crippen LogP contribution is -2.37. The molecule has 180 valence electrons. The zero-order valence-electron chi connectivity index (χ0n) is 20.0. The molecule has 5 nitrogen and oxygen atoms in total. The Bertz CT molecular complexity index is 1120. The monoisotopic (exact) mass is 470 g/mol. The summed E-state index contributed by atoms with van der Waals surface area (Å²) in [6, 6.07) is 35.2. The van der Waals surface area contributed by atoms with E-state index < -0.39 is 11.7 Å². The van der Waals surface area contributed by atoms with Gasteiger partial charge in [0.1, 0.15) is 35.6 Å². The van der Waals surface area contributed by atoms with E-state index in [4.69, 9.17) is 18.9 Å². The average Bonchev–Trinajstić information content (AvgIpc) is 2.94. The molecule has 0 saturated carbocycles. The quantitative estimate of drug-likeness (QED) is 0.295. The number of benzene rings is 4. The van der Waals surface area contributed by atoms with Gasteiger partial charge in [-0.15, -0.1) is 0 Å². The molecule has 0 aliphatic carbocycles. The first-order chi connectivity index (χ1) is 17.2. The Morgan fingerprint density at radius 2 is 1.00 bits per heavy atom. The fraction of sp³-hybridized carbons (Fsp3) is 0.200. The van der Waals surface area contributed by atoms with E-state index in [0.29, 0.717) is 5.75 Å². The van der Waals surface area contributed by atoms with Crippen molar-refractivity contribution < 1.29 is 24.1 Å². The maximum atomic E-state index is 10.8. The molecule has 0 fully saturated rings. The van der Waals surface area contributed by atoms with Crippen LogP contribution in [0.4, 0.5) is 0 Å². The number of aliphatic hydroxyl groups is 1. The summed E-state index contributed by atoms with van der Waals surface area (Å²) in [6.45, 7) is 0.153. The third kappa shape index (κ3) is 5.65. The van der Waals surface area contributed by atoms with Crippen molar-refractivity contribution in [2.24, 2.45) is 0 Å². The van der Waals surface area contributed by atoms with E-state index >= 15 is 0 Å². The van der Waals surface area contributed by atoms with Crippen LogP contribution in [0.1, 0.15) is 16.7 Å². The summed E-state index contributed by atoms with van der Waals surface area (Å²) in [6.07, 6.45) is -0.845. The van der Waals surface area contributed by atoms with Crippen molar-refractivity contribution in [3.63, 3.8) is 0 Å². The van der Waals surface area contributed by atoms with Crippen LogP contribution in [0, 0.1) is 0 Å². The first kappa shape index (κ1) is 24.3. The smallest absolute Gasteiger partial charge is 0.143 e. The number of methoxy groups -OCH3 is 2. The van der Waals surface area contributed by atoms with Gasteiger partial charge < -0.3 is 24.1 Å². The van der Waals surface area contributed by atoms with Crippen LogP contribution in [0.3, 0.4) is 0 Å². The van der Waals surface area contributed by atoms with E-state index in [1.807, 2.05) is 109 Å². The van der Waals surface area contributed by atoms with Crippen molar-refractivity contribution in [1.82, 2.24) is 0 Å². The van der Waals surface area contributed by atoms with Crippen LogP contribution in [0.15, 0.2) is 109 Å². The van der Waals surface area contributed by atoms with Crippen LogP contribution in [0.5, 0.6) is 17.2 Å². The van der Waals surface area contributed by atoms with Crippen LogP contribution in [0.25, 0.3) is 0 Å². The largest absolute Gasteiger partial charge is 0.497 e. The third-order valence-corrected chi connectivity index (χ3v) is 5.85. The van der Waals surface area contributed by atoms with Gasteiger partial charge in [-0.1, -0.05) is 72.8 Å². The SMILES string of the molecule is COc1ccc(OC[C@@H](O)COC(c2ccccc2)(c2ccccc2)c2ccc(OC)cc2)cc1. The zero-order chi connectivity index (χ0) is 24.5. The molecule has 0 amide bonds. The van der Waals surface area contributed by atoms with Gasteiger partial charge in [-0.3, -0.25) is 0 Å². The molecule has 4 rings (SSSR count). The van der Waals surface area contributed by atoms with Gasteiger partial charge in [-0.05, 0) is 53.1 Å². The Morgan fingerprint density at radius 3 is 1.49 bits per heavy atom. The van der Waals surface area contributed by atoms with Gasteiger partial charge in [-0.25, -0.2) is 0 Å². The summed E-state index contributed by atoms with van der Waals surface area (Å²) in [5.41, 5.74) is 1.91. The molecule has 0 unspecified atom stereocenters. The second kappa shape index (κ2) is 11.6. The Hall–Kier alpha value is -3.80. The minimum atomic E-state index is -0.935. The molecule has 0 bridgehead atoms. The highest BCUT2D eigenvalue weighted by atomic mass is 16.5. The Labute approximate surface area is 206 Å². The topological polar surface area (TPSA) is 57.2 Å². The predicted molar refractivity (Wildman–Crippen MR) is 136 cm³/mol. The Morgan fingerprint density at radius 1 is 0.571 bits per heavy atom. The first-order valence-corrected chi connectivity index (χ1v) is 11.5. The molecule has 0 aliphatic heterocycles. The van der Waals surface area contributed by atoms with Crippen LogP contribution in [-0.2, 0) is 10.3 Å². The molecule has 1 N–H and O–H groups in total. The lowest BCUT2D eigenvalue weighted by Gasteiger charge is -2.36. The molecule has 4 aromatic carbocycles. The summed E-state index contributed by atoms with van der Waals surface area (Å²) < 4.78 is 23.0. The van der Waals surface area contributed by atoms with E-state index in [2.05, 4.69) is 0 Å². The van der Waals surface area contributed by atoms with E-state index in [1.165, 1.54) is 0 Å². The van der Waals surface area contributed by atoms with E-state index in [1.54, 1.807) is 14.2 Å². The van der Waals surface area contributed by atoms with Gasteiger partial charge in [0.25, 0.3) is 0 Å². The molecule has 4 aromatic rings. The van der Waals surface area contributed by atoms with Crippen molar-refractivity contribution >= 4 is 0 Å². The zero-order valence-corrected chi connectivity index (χ0v) is 20.0. The Balaban J connectivity index is 1.63. The standard InChI is InChI=1S/C30H30O5/c1-32-27-15-13-25(14-16-27)30(23-9-5-3-6-10-23,24-11-7-4-8-12-24)35-22-26(31)21-34-29-19-17-28(33-2)18-20-29/h3-20,26,31H,21-22H2,1-2H3/t26-/m1/s1.